The first-order chi connectivity index (χ1) is 11.0. The maximum atomic E-state index is 12.1. The van der Waals surface area contributed by atoms with E-state index in [1.807, 2.05) is 0 Å². The third kappa shape index (κ3) is 3.24. The van der Waals surface area contributed by atoms with Gasteiger partial charge >= 0.3 is 0 Å². The summed E-state index contributed by atoms with van der Waals surface area (Å²) in [6, 6.07) is 10.6. The number of carbonyl (C=O) groups excluding carboxylic acids is 1. The smallest absolute Gasteiger partial charge is 0.293 e. The molecule has 0 fully saturated rings. The number of halogens is 1. The first-order valence-corrected chi connectivity index (χ1v) is 6.89. The number of benzene rings is 2. The number of hydrogen-bond donors (Lipinski definition) is 1. The molecule has 0 spiro atoms. The lowest BCUT2D eigenvalue weighted by Gasteiger charge is -2.05. The van der Waals surface area contributed by atoms with Crippen molar-refractivity contribution >= 4 is 39.8 Å². The predicted molar refractivity (Wildman–Crippen MR) is 85.6 cm³/mol. The minimum atomic E-state index is -0.511. The molecule has 0 atom stereocenters. The number of aromatic nitrogens is 2. The number of nitro groups is 1. The van der Waals surface area contributed by atoms with Crippen LogP contribution in [-0.4, -0.2) is 20.8 Å². The first kappa shape index (κ1) is 14.9. The molecule has 3 aromatic rings. The highest BCUT2D eigenvalue weighted by atomic mass is 35.5. The molecule has 1 heterocycles. The topological polar surface area (TPSA) is 98.0 Å². The Bertz CT molecular complexity index is 912. The summed E-state index contributed by atoms with van der Waals surface area (Å²) in [7, 11) is 0. The van der Waals surface area contributed by atoms with Crippen LogP contribution in [0.1, 0.15) is 10.6 Å². The Kier molecular flexibility index (Phi) is 3.86. The van der Waals surface area contributed by atoms with E-state index in [4.69, 9.17) is 11.6 Å². The normalized spacial score (nSPS) is 10.5. The van der Waals surface area contributed by atoms with Gasteiger partial charge < -0.3 is 5.32 Å². The molecular weight excluding hydrogens is 320 g/mol. The lowest BCUT2D eigenvalue weighted by Crippen LogP contribution is -2.15. The maximum Gasteiger partial charge on any atom is 0.293 e. The Morgan fingerprint density at radius 3 is 2.61 bits per heavy atom. The molecule has 0 bridgehead atoms. The van der Waals surface area contributed by atoms with Crippen molar-refractivity contribution in [3.8, 4) is 0 Å². The Hall–Kier alpha value is -3.06. The summed E-state index contributed by atoms with van der Waals surface area (Å²) in [4.78, 5) is 30.4. The molecule has 8 heteroatoms. The van der Waals surface area contributed by atoms with E-state index in [9.17, 15) is 14.9 Å². The van der Waals surface area contributed by atoms with E-state index < -0.39 is 10.8 Å². The molecule has 1 amide bonds. The van der Waals surface area contributed by atoms with Gasteiger partial charge in [-0.05, 0) is 30.3 Å². The maximum absolute atomic E-state index is 12.1. The molecule has 0 aliphatic heterocycles. The van der Waals surface area contributed by atoms with Crippen LogP contribution in [0.4, 0.5) is 11.4 Å². The van der Waals surface area contributed by atoms with Crippen LogP contribution in [0.15, 0.2) is 48.7 Å². The third-order valence-corrected chi connectivity index (χ3v) is 3.32. The number of non-ortho nitro benzene ring substituents is 1. The summed E-state index contributed by atoms with van der Waals surface area (Å²) in [6.07, 6.45) is 1.51. The molecule has 23 heavy (non-hydrogen) atoms. The second kappa shape index (κ2) is 5.98. The third-order valence-electron chi connectivity index (χ3n) is 3.08. The molecule has 0 saturated carbocycles. The standard InChI is InChI=1S/C15H9ClN4O3/c16-10-1-6-13-9(7-10)8-17-14(19-13)15(21)18-11-2-4-12(5-3-11)20(22)23/h1-8H,(H,18,21). The van der Waals surface area contributed by atoms with Gasteiger partial charge in [0.1, 0.15) is 0 Å². The van der Waals surface area contributed by atoms with Gasteiger partial charge in [-0.2, -0.15) is 0 Å². The zero-order chi connectivity index (χ0) is 16.4. The molecule has 1 aromatic heterocycles. The monoisotopic (exact) mass is 328 g/mol. The summed E-state index contributed by atoms with van der Waals surface area (Å²) in [5.74, 6) is -0.506. The molecule has 7 nitrogen and oxygen atoms in total. The van der Waals surface area contributed by atoms with Crippen LogP contribution in [0.5, 0.6) is 0 Å². The summed E-state index contributed by atoms with van der Waals surface area (Å²) >= 11 is 5.88. The average Bonchev–Trinajstić information content (AvgIpc) is 2.54. The fourth-order valence-electron chi connectivity index (χ4n) is 1.97. The molecule has 3 rings (SSSR count). The van der Waals surface area contributed by atoms with E-state index in [2.05, 4.69) is 15.3 Å². The molecule has 0 aliphatic carbocycles. The van der Waals surface area contributed by atoms with Crippen LogP contribution < -0.4 is 5.32 Å². The highest BCUT2D eigenvalue weighted by molar-refractivity contribution is 6.31. The van der Waals surface area contributed by atoms with Crippen molar-refractivity contribution in [1.29, 1.82) is 0 Å². The van der Waals surface area contributed by atoms with Crippen LogP contribution in [-0.2, 0) is 0 Å². The first-order valence-electron chi connectivity index (χ1n) is 6.51. The molecule has 0 radical (unpaired) electrons. The van der Waals surface area contributed by atoms with Crippen molar-refractivity contribution in [2.75, 3.05) is 5.32 Å². The lowest BCUT2D eigenvalue weighted by molar-refractivity contribution is -0.384. The van der Waals surface area contributed by atoms with Gasteiger partial charge in [-0.1, -0.05) is 11.6 Å². The SMILES string of the molecule is O=C(Nc1ccc([N+](=O)[O-])cc1)c1ncc2cc(Cl)ccc2n1. The second-order valence-corrected chi connectivity index (χ2v) is 5.09. The van der Waals surface area contributed by atoms with E-state index in [1.165, 1.54) is 30.5 Å². The van der Waals surface area contributed by atoms with Gasteiger partial charge in [0.25, 0.3) is 11.6 Å². The lowest BCUT2D eigenvalue weighted by atomic mass is 10.2. The van der Waals surface area contributed by atoms with Gasteiger partial charge in [0.2, 0.25) is 5.82 Å². The number of anilines is 1. The zero-order valence-electron chi connectivity index (χ0n) is 11.6. The Balaban J connectivity index is 1.82. The van der Waals surface area contributed by atoms with Crippen LogP contribution in [0, 0.1) is 10.1 Å². The van der Waals surface area contributed by atoms with Crippen molar-refractivity contribution < 1.29 is 9.72 Å². The molecule has 114 valence electrons. The number of nitrogens with zero attached hydrogens (tertiary/aromatic N) is 3. The van der Waals surface area contributed by atoms with Gasteiger partial charge in [-0.15, -0.1) is 0 Å². The zero-order valence-corrected chi connectivity index (χ0v) is 12.3. The van der Waals surface area contributed by atoms with Gasteiger partial charge in [-0.3, -0.25) is 14.9 Å². The minimum absolute atomic E-state index is 0.00169. The fourth-order valence-corrected chi connectivity index (χ4v) is 2.15. The van der Waals surface area contributed by atoms with Gasteiger partial charge in [-0.25, -0.2) is 9.97 Å². The minimum Gasteiger partial charge on any atom is -0.319 e. The summed E-state index contributed by atoms with van der Waals surface area (Å²) < 4.78 is 0. The average molecular weight is 329 g/mol. The molecular formula is C15H9ClN4O3. The van der Waals surface area contributed by atoms with E-state index in [0.29, 0.717) is 16.2 Å². The fraction of sp³-hybridized carbons (Fsp3) is 0. The van der Waals surface area contributed by atoms with E-state index in [1.54, 1.807) is 18.2 Å². The molecule has 0 aliphatic rings. The van der Waals surface area contributed by atoms with Gasteiger partial charge in [0.05, 0.1) is 10.4 Å². The highest BCUT2D eigenvalue weighted by Crippen LogP contribution is 2.18. The largest absolute Gasteiger partial charge is 0.319 e. The van der Waals surface area contributed by atoms with Crippen molar-refractivity contribution in [1.82, 2.24) is 9.97 Å². The Morgan fingerprint density at radius 1 is 1.17 bits per heavy atom. The molecule has 1 N–H and O–H groups in total. The van der Waals surface area contributed by atoms with Gasteiger partial charge in [0, 0.05) is 34.4 Å². The number of hydrogen-bond acceptors (Lipinski definition) is 5. The number of rotatable bonds is 3. The van der Waals surface area contributed by atoms with Crippen molar-refractivity contribution in [3.05, 3.63) is 69.6 Å². The van der Waals surface area contributed by atoms with Crippen LogP contribution in [0.3, 0.4) is 0 Å². The summed E-state index contributed by atoms with van der Waals surface area (Å²) in [6.45, 7) is 0. The number of amides is 1. The second-order valence-electron chi connectivity index (χ2n) is 4.65. The van der Waals surface area contributed by atoms with Crippen LogP contribution in [0.25, 0.3) is 10.9 Å². The van der Waals surface area contributed by atoms with Crippen LogP contribution in [0.2, 0.25) is 5.02 Å². The Labute approximate surface area is 135 Å². The van der Waals surface area contributed by atoms with Crippen molar-refractivity contribution in [2.24, 2.45) is 0 Å². The van der Waals surface area contributed by atoms with E-state index >= 15 is 0 Å². The number of fused-ring (bicyclic) bond motifs is 1. The number of carbonyl (C=O) groups is 1. The molecule has 0 unspecified atom stereocenters. The Morgan fingerprint density at radius 2 is 1.91 bits per heavy atom. The summed E-state index contributed by atoms with van der Waals surface area (Å²) in [5.41, 5.74) is 0.959. The molecule has 2 aromatic carbocycles. The van der Waals surface area contributed by atoms with Gasteiger partial charge in [0.15, 0.2) is 0 Å². The van der Waals surface area contributed by atoms with Crippen LogP contribution >= 0.6 is 11.6 Å². The number of nitrogens with one attached hydrogen (secondary N) is 1. The van der Waals surface area contributed by atoms with E-state index in [0.717, 1.165) is 5.39 Å². The van der Waals surface area contributed by atoms with Crippen molar-refractivity contribution in [3.63, 3.8) is 0 Å². The highest BCUT2D eigenvalue weighted by Gasteiger charge is 2.12. The summed E-state index contributed by atoms with van der Waals surface area (Å²) in [5, 5.41) is 14.5. The van der Waals surface area contributed by atoms with Crippen molar-refractivity contribution in [2.45, 2.75) is 0 Å². The molecule has 0 saturated heterocycles. The van der Waals surface area contributed by atoms with E-state index in [-0.39, 0.29) is 11.5 Å². The number of nitro benzene ring substituents is 1. The predicted octanol–water partition coefficient (Wildman–Crippen LogP) is 3.44. The quantitative estimate of drug-likeness (QED) is 0.586.